The zero-order chi connectivity index (χ0) is 27.4. The lowest BCUT2D eigenvalue weighted by Crippen LogP contribution is -2.47. The summed E-state index contributed by atoms with van der Waals surface area (Å²) in [5.41, 5.74) is 6.00. The number of ether oxygens (including phenoxy) is 1. The Morgan fingerprint density at radius 2 is 1.82 bits per heavy atom. The monoisotopic (exact) mass is 533 g/mol. The van der Waals surface area contributed by atoms with Crippen LogP contribution in [0.1, 0.15) is 45.1 Å². The van der Waals surface area contributed by atoms with E-state index in [-0.39, 0.29) is 17.7 Å². The van der Waals surface area contributed by atoms with Crippen molar-refractivity contribution in [2.45, 2.75) is 17.8 Å². The Balaban J connectivity index is 1.07. The standard InChI is InChI=1S/C32H31N5O3/c1-36-13-15-37(16-14-36)30(38)21-6-3-20(4-7-21)5-11-27-24-10-8-22(17-29(24)35-34-27)26-19-32(26)25-18-23(40-2)9-12-28(25)33-31(32)39/h3-12,17-18,26H,13-16,19H2,1-2H3,(H,33,39)(H,34,35)/b11-5+/t26-,32-/m0/s1. The van der Waals surface area contributed by atoms with Crippen molar-refractivity contribution in [3.8, 4) is 5.75 Å². The number of aromatic amines is 1. The van der Waals surface area contributed by atoms with E-state index in [0.29, 0.717) is 5.56 Å². The van der Waals surface area contributed by atoms with Crippen LogP contribution in [0.25, 0.3) is 23.1 Å². The van der Waals surface area contributed by atoms with E-state index in [2.05, 4.69) is 45.7 Å². The molecule has 2 N–H and O–H groups in total. The number of methoxy groups -OCH3 is 1. The van der Waals surface area contributed by atoms with Gasteiger partial charge in [-0.3, -0.25) is 14.7 Å². The summed E-state index contributed by atoms with van der Waals surface area (Å²) >= 11 is 0. The number of nitrogens with zero attached hydrogens (tertiary/aromatic N) is 3. The molecule has 0 unspecified atom stereocenters. The van der Waals surface area contributed by atoms with E-state index in [1.807, 2.05) is 59.5 Å². The molecule has 8 heteroatoms. The van der Waals surface area contributed by atoms with E-state index in [4.69, 9.17) is 4.74 Å². The summed E-state index contributed by atoms with van der Waals surface area (Å²) in [5, 5.41) is 11.8. The maximum Gasteiger partial charge on any atom is 0.253 e. The zero-order valence-electron chi connectivity index (χ0n) is 22.6. The molecule has 0 radical (unpaired) electrons. The predicted molar refractivity (Wildman–Crippen MR) is 156 cm³/mol. The molecule has 0 bridgehead atoms. The molecule has 1 saturated heterocycles. The Bertz CT molecular complexity index is 1670. The number of aromatic nitrogens is 2. The van der Waals surface area contributed by atoms with Crippen molar-refractivity contribution in [1.82, 2.24) is 20.0 Å². The van der Waals surface area contributed by atoms with Gasteiger partial charge in [-0.1, -0.05) is 30.3 Å². The van der Waals surface area contributed by atoms with Gasteiger partial charge >= 0.3 is 0 Å². The Labute approximate surface area is 232 Å². The highest BCUT2D eigenvalue weighted by molar-refractivity contribution is 6.10. The summed E-state index contributed by atoms with van der Waals surface area (Å²) < 4.78 is 5.42. The fourth-order valence-electron chi connectivity index (χ4n) is 6.20. The van der Waals surface area contributed by atoms with E-state index in [1.54, 1.807) is 7.11 Å². The molecule has 7 rings (SSSR count). The van der Waals surface area contributed by atoms with Gasteiger partial charge in [-0.25, -0.2) is 0 Å². The van der Waals surface area contributed by atoms with Crippen molar-refractivity contribution in [1.29, 1.82) is 0 Å². The number of fused-ring (bicyclic) bond motifs is 3. The number of anilines is 1. The fraction of sp³-hybridized carbons (Fsp3) is 0.281. The maximum atomic E-state index is 13.0. The van der Waals surface area contributed by atoms with E-state index < -0.39 is 5.41 Å². The first-order valence-corrected chi connectivity index (χ1v) is 13.7. The fourth-order valence-corrected chi connectivity index (χ4v) is 6.20. The van der Waals surface area contributed by atoms with Crippen molar-refractivity contribution in [3.05, 3.63) is 88.6 Å². The van der Waals surface area contributed by atoms with Gasteiger partial charge in [-0.05, 0) is 72.6 Å². The summed E-state index contributed by atoms with van der Waals surface area (Å²) in [5.74, 6) is 1.02. The van der Waals surface area contributed by atoms with Gasteiger partial charge < -0.3 is 19.9 Å². The zero-order valence-corrected chi connectivity index (χ0v) is 22.6. The topological polar surface area (TPSA) is 90.6 Å². The molecule has 40 heavy (non-hydrogen) atoms. The molecule has 8 nitrogen and oxygen atoms in total. The van der Waals surface area contributed by atoms with Crippen LogP contribution in [0.5, 0.6) is 5.75 Å². The van der Waals surface area contributed by atoms with E-state index >= 15 is 0 Å². The Morgan fingerprint density at radius 1 is 1.02 bits per heavy atom. The van der Waals surface area contributed by atoms with Crippen molar-refractivity contribution in [3.63, 3.8) is 0 Å². The van der Waals surface area contributed by atoms with Crippen molar-refractivity contribution in [2.75, 3.05) is 45.7 Å². The second-order valence-corrected chi connectivity index (χ2v) is 11.1. The molecule has 4 aromatic rings. The lowest BCUT2D eigenvalue weighted by Gasteiger charge is -2.32. The number of likely N-dealkylation sites (N-methyl/N-ethyl adjacent to an activating group) is 1. The van der Waals surface area contributed by atoms with Gasteiger partial charge in [-0.2, -0.15) is 5.10 Å². The van der Waals surface area contributed by atoms with Crippen LogP contribution < -0.4 is 10.1 Å². The van der Waals surface area contributed by atoms with Gasteiger partial charge in [0.05, 0.1) is 23.7 Å². The summed E-state index contributed by atoms with van der Waals surface area (Å²) in [6.07, 6.45) is 4.77. The predicted octanol–water partition coefficient (Wildman–Crippen LogP) is 4.51. The summed E-state index contributed by atoms with van der Waals surface area (Å²) in [6, 6.07) is 19.8. The molecule has 1 saturated carbocycles. The number of hydrogen-bond donors (Lipinski definition) is 2. The third-order valence-electron chi connectivity index (χ3n) is 8.72. The molecular weight excluding hydrogens is 502 g/mol. The number of piperazine rings is 1. The lowest BCUT2D eigenvalue weighted by atomic mass is 9.91. The van der Waals surface area contributed by atoms with Crippen LogP contribution in [0.4, 0.5) is 5.69 Å². The molecule has 2 aliphatic heterocycles. The number of H-pyrrole nitrogens is 1. The molecule has 3 aliphatic rings. The maximum absolute atomic E-state index is 13.0. The highest BCUT2D eigenvalue weighted by Gasteiger charge is 2.65. The average molecular weight is 534 g/mol. The number of carbonyl (C=O) groups excluding carboxylic acids is 2. The van der Waals surface area contributed by atoms with Gasteiger partial charge in [0.15, 0.2) is 0 Å². The first-order chi connectivity index (χ1) is 19.5. The van der Waals surface area contributed by atoms with Gasteiger partial charge in [0.25, 0.3) is 5.91 Å². The first-order valence-electron chi connectivity index (χ1n) is 13.7. The van der Waals surface area contributed by atoms with Crippen LogP contribution in [0, 0.1) is 0 Å². The number of hydrogen-bond acceptors (Lipinski definition) is 5. The molecule has 2 fully saturated rings. The second kappa shape index (κ2) is 9.34. The van der Waals surface area contributed by atoms with Crippen molar-refractivity contribution in [2.24, 2.45) is 0 Å². The molecule has 1 spiro atoms. The molecule has 202 valence electrons. The molecule has 2 atom stereocenters. The van der Waals surface area contributed by atoms with Crippen LogP contribution in [0.3, 0.4) is 0 Å². The van der Waals surface area contributed by atoms with Crippen LogP contribution >= 0.6 is 0 Å². The highest BCUT2D eigenvalue weighted by atomic mass is 16.5. The largest absolute Gasteiger partial charge is 0.497 e. The van der Waals surface area contributed by atoms with E-state index in [9.17, 15) is 9.59 Å². The number of rotatable bonds is 5. The quantitative estimate of drug-likeness (QED) is 0.394. The molecular formula is C32H31N5O3. The summed E-state index contributed by atoms with van der Waals surface area (Å²) in [4.78, 5) is 30.0. The average Bonchev–Trinajstić information content (AvgIpc) is 3.53. The Morgan fingerprint density at radius 3 is 2.60 bits per heavy atom. The minimum absolute atomic E-state index is 0.0605. The van der Waals surface area contributed by atoms with Crippen LogP contribution in [0.2, 0.25) is 0 Å². The van der Waals surface area contributed by atoms with Gasteiger partial charge in [0.1, 0.15) is 5.75 Å². The van der Waals surface area contributed by atoms with Crippen LogP contribution in [-0.2, 0) is 10.2 Å². The Kier molecular flexibility index (Phi) is 5.75. The number of carbonyl (C=O) groups is 2. The third kappa shape index (κ3) is 3.98. The molecule has 3 aromatic carbocycles. The smallest absolute Gasteiger partial charge is 0.253 e. The Hall–Kier alpha value is -4.43. The first kappa shape index (κ1) is 24.6. The number of amides is 2. The molecule has 1 aromatic heterocycles. The van der Waals surface area contributed by atoms with Crippen LogP contribution in [-0.4, -0.2) is 72.1 Å². The van der Waals surface area contributed by atoms with Gasteiger partial charge in [-0.15, -0.1) is 0 Å². The third-order valence-corrected chi connectivity index (χ3v) is 8.72. The number of nitrogens with one attached hydrogen (secondary N) is 2. The minimum Gasteiger partial charge on any atom is -0.497 e. The van der Waals surface area contributed by atoms with E-state index in [0.717, 1.165) is 77.3 Å². The van der Waals surface area contributed by atoms with E-state index in [1.165, 1.54) is 0 Å². The van der Waals surface area contributed by atoms with Gasteiger partial charge in [0, 0.05) is 48.7 Å². The van der Waals surface area contributed by atoms with Crippen LogP contribution in [0.15, 0.2) is 60.7 Å². The highest BCUT2D eigenvalue weighted by Crippen LogP contribution is 2.65. The lowest BCUT2D eigenvalue weighted by molar-refractivity contribution is -0.118. The molecule has 2 amide bonds. The molecule has 3 heterocycles. The van der Waals surface area contributed by atoms with Gasteiger partial charge in [0.2, 0.25) is 5.91 Å². The number of benzene rings is 3. The summed E-state index contributed by atoms with van der Waals surface area (Å²) in [7, 11) is 3.73. The summed E-state index contributed by atoms with van der Waals surface area (Å²) in [6.45, 7) is 3.35. The second-order valence-electron chi connectivity index (χ2n) is 11.1. The van der Waals surface area contributed by atoms with Crippen molar-refractivity contribution >= 4 is 40.6 Å². The normalized spacial score (nSPS) is 22.2. The minimum atomic E-state index is -0.530. The van der Waals surface area contributed by atoms with Crippen molar-refractivity contribution < 1.29 is 14.3 Å². The molecule has 1 aliphatic carbocycles. The SMILES string of the molecule is COc1ccc2c(c1)[C@]1(C[C@H]1c1ccc3c(/C=C/c4ccc(C(=O)N5CCN(C)CC5)cc4)n[nH]c3c1)C(=O)N2.